The largest absolute Gasteiger partial charge is 0.352 e. The molecule has 1 amide bonds. The van der Waals surface area contributed by atoms with Crippen LogP contribution in [0, 0.1) is 12.8 Å². The molecular formula is C32H24N2O3S. The number of Topliss-reactive ketones (excluding diaryl/α,β-unsaturated/α-hetero) is 2. The summed E-state index contributed by atoms with van der Waals surface area (Å²) >= 11 is 1.36. The van der Waals surface area contributed by atoms with Gasteiger partial charge in [-0.05, 0) is 41.6 Å². The molecule has 0 saturated carbocycles. The van der Waals surface area contributed by atoms with Crippen molar-refractivity contribution in [3.8, 4) is 0 Å². The van der Waals surface area contributed by atoms with E-state index in [1.165, 1.54) is 11.3 Å². The van der Waals surface area contributed by atoms with Crippen molar-refractivity contribution in [1.29, 1.82) is 0 Å². The Kier molecular flexibility index (Phi) is 5.03. The second-order valence-corrected chi connectivity index (χ2v) is 11.1. The smallest absolute Gasteiger partial charge is 0.238 e. The van der Waals surface area contributed by atoms with Crippen molar-refractivity contribution >= 4 is 46.3 Å². The Bertz CT molecular complexity index is 1640. The number of nitrogens with one attached hydrogen (secondary N) is 1. The maximum absolute atomic E-state index is 14.6. The van der Waals surface area contributed by atoms with Gasteiger partial charge in [0.2, 0.25) is 5.91 Å². The topological polar surface area (TPSA) is 66.5 Å². The van der Waals surface area contributed by atoms with Gasteiger partial charge >= 0.3 is 0 Å². The number of amides is 1. The van der Waals surface area contributed by atoms with Crippen molar-refractivity contribution in [3.05, 3.63) is 124 Å². The maximum Gasteiger partial charge on any atom is 0.238 e. The van der Waals surface area contributed by atoms with Gasteiger partial charge in [-0.3, -0.25) is 14.4 Å². The third-order valence-corrected chi connectivity index (χ3v) is 9.08. The van der Waals surface area contributed by atoms with Crippen LogP contribution in [-0.2, 0) is 10.2 Å². The normalized spacial score (nSPS) is 24.6. The molecule has 4 aromatic rings. The van der Waals surface area contributed by atoms with Crippen LogP contribution >= 0.6 is 11.3 Å². The van der Waals surface area contributed by atoms with Gasteiger partial charge in [0.15, 0.2) is 11.6 Å². The number of benzene rings is 3. The molecule has 1 fully saturated rings. The fourth-order valence-electron chi connectivity index (χ4n) is 6.58. The van der Waals surface area contributed by atoms with E-state index in [1.807, 2.05) is 96.1 Å². The third-order valence-electron chi connectivity index (χ3n) is 8.19. The molecule has 3 aromatic carbocycles. The molecule has 0 bridgehead atoms. The number of carbonyl (C=O) groups excluding carboxylic acids is 3. The predicted octanol–water partition coefficient (Wildman–Crippen LogP) is 5.91. The Morgan fingerprint density at radius 2 is 1.66 bits per heavy atom. The van der Waals surface area contributed by atoms with Gasteiger partial charge in [0, 0.05) is 16.9 Å². The molecule has 0 unspecified atom stereocenters. The average molecular weight is 517 g/mol. The molecule has 4 heterocycles. The number of nitrogens with zero attached hydrogens (tertiary/aromatic N) is 1. The minimum absolute atomic E-state index is 0.144. The Morgan fingerprint density at radius 1 is 0.895 bits per heavy atom. The lowest BCUT2D eigenvalue weighted by Gasteiger charge is -2.37. The van der Waals surface area contributed by atoms with Crippen molar-refractivity contribution in [2.75, 3.05) is 10.2 Å². The van der Waals surface area contributed by atoms with Gasteiger partial charge in [0.05, 0.1) is 16.8 Å². The van der Waals surface area contributed by atoms with E-state index in [2.05, 4.69) is 5.32 Å². The van der Waals surface area contributed by atoms with Crippen LogP contribution in [0.1, 0.15) is 36.7 Å². The standard InChI is InChI=1S/C32H24N2O3S/c1-19-12-14-21(15-13-19)29(35)27-28(30(36)25-11-6-18-38-25)34-24-10-5-2-7-20(24)16-17-26(34)32(27)22-8-3-4-9-23(22)33-31(32)37/h2-18,26-28H,1H3,(H,33,37)/t26-,27+,28+,32+/m1/s1. The zero-order valence-corrected chi connectivity index (χ0v) is 21.4. The van der Waals surface area contributed by atoms with Gasteiger partial charge in [-0.2, -0.15) is 0 Å². The summed E-state index contributed by atoms with van der Waals surface area (Å²) in [5.41, 5.74) is 3.51. The molecular weight excluding hydrogens is 492 g/mol. The number of para-hydroxylation sites is 2. The Labute approximate surface area is 224 Å². The number of carbonyl (C=O) groups is 3. The first-order valence-electron chi connectivity index (χ1n) is 12.7. The Hall–Kier alpha value is -4.29. The monoisotopic (exact) mass is 516 g/mol. The number of rotatable bonds is 4. The Balaban J connectivity index is 1.54. The minimum Gasteiger partial charge on any atom is -0.352 e. The van der Waals surface area contributed by atoms with Crippen LogP contribution in [0.4, 0.5) is 11.4 Å². The van der Waals surface area contributed by atoms with Crippen LogP contribution < -0.4 is 10.2 Å². The van der Waals surface area contributed by atoms with Gasteiger partial charge in [-0.15, -0.1) is 11.3 Å². The predicted molar refractivity (Wildman–Crippen MR) is 150 cm³/mol. The van der Waals surface area contributed by atoms with Crippen LogP contribution in [0.25, 0.3) is 6.08 Å². The van der Waals surface area contributed by atoms with Crippen LogP contribution in [0.5, 0.6) is 0 Å². The van der Waals surface area contributed by atoms with Gasteiger partial charge in [-0.1, -0.05) is 84.4 Å². The zero-order chi connectivity index (χ0) is 26.0. The summed E-state index contributed by atoms with van der Waals surface area (Å²) in [6.07, 6.45) is 4.01. The summed E-state index contributed by atoms with van der Waals surface area (Å²) in [4.78, 5) is 45.9. The first-order valence-corrected chi connectivity index (χ1v) is 13.5. The molecule has 1 saturated heterocycles. The van der Waals surface area contributed by atoms with E-state index >= 15 is 0 Å². The molecule has 3 aliphatic rings. The van der Waals surface area contributed by atoms with Crippen molar-refractivity contribution in [2.45, 2.75) is 24.4 Å². The number of ketones is 2. The van der Waals surface area contributed by atoms with E-state index in [-0.39, 0.29) is 17.5 Å². The summed E-state index contributed by atoms with van der Waals surface area (Å²) in [6.45, 7) is 1.97. The average Bonchev–Trinajstić information content (AvgIpc) is 3.65. The molecule has 1 spiro atoms. The van der Waals surface area contributed by atoms with Crippen LogP contribution in [-0.4, -0.2) is 29.6 Å². The maximum atomic E-state index is 14.6. The van der Waals surface area contributed by atoms with Crippen LogP contribution in [0.3, 0.4) is 0 Å². The Morgan fingerprint density at radius 3 is 2.45 bits per heavy atom. The van der Waals surface area contributed by atoms with E-state index in [1.54, 1.807) is 18.2 Å². The number of hydrogen-bond donors (Lipinski definition) is 1. The molecule has 1 N–H and O–H groups in total. The summed E-state index contributed by atoms with van der Waals surface area (Å²) in [7, 11) is 0. The SMILES string of the molecule is Cc1ccc(C(=O)[C@@H]2[C@@H](C(=O)c3cccs3)N3c4ccccc4C=C[C@@H]3[C@]23C(=O)Nc2ccccc23)cc1. The second-order valence-electron chi connectivity index (χ2n) is 10.1. The van der Waals surface area contributed by atoms with Crippen molar-refractivity contribution in [3.63, 3.8) is 0 Å². The highest BCUT2D eigenvalue weighted by molar-refractivity contribution is 7.12. The van der Waals surface area contributed by atoms with Crippen molar-refractivity contribution in [2.24, 2.45) is 5.92 Å². The van der Waals surface area contributed by atoms with Gasteiger partial charge in [0.25, 0.3) is 0 Å². The molecule has 0 aliphatic carbocycles. The number of hydrogen-bond acceptors (Lipinski definition) is 5. The molecule has 0 radical (unpaired) electrons. The van der Waals surface area contributed by atoms with E-state index in [0.29, 0.717) is 16.1 Å². The van der Waals surface area contributed by atoms with Crippen molar-refractivity contribution < 1.29 is 14.4 Å². The van der Waals surface area contributed by atoms with E-state index < -0.39 is 23.4 Å². The molecule has 38 heavy (non-hydrogen) atoms. The van der Waals surface area contributed by atoms with Gasteiger partial charge in [0.1, 0.15) is 11.5 Å². The molecule has 3 aliphatic heterocycles. The third kappa shape index (κ3) is 3.01. The molecule has 1 aromatic heterocycles. The van der Waals surface area contributed by atoms with Crippen LogP contribution in [0.15, 0.2) is 96.4 Å². The van der Waals surface area contributed by atoms with Crippen LogP contribution in [0.2, 0.25) is 0 Å². The fourth-order valence-corrected chi connectivity index (χ4v) is 7.28. The van der Waals surface area contributed by atoms with Crippen molar-refractivity contribution in [1.82, 2.24) is 0 Å². The molecule has 186 valence electrons. The van der Waals surface area contributed by atoms with E-state index in [4.69, 9.17) is 0 Å². The first-order chi connectivity index (χ1) is 18.5. The summed E-state index contributed by atoms with van der Waals surface area (Å²) in [5, 5.41) is 4.94. The highest BCUT2D eigenvalue weighted by Crippen LogP contribution is 2.58. The molecule has 4 atom stereocenters. The minimum atomic E-state index is -1.28. The fraction of sp³-hybridized carbons (Fsp3) is 0.156. The highest BCUT2D eigenvalue weighted by atomic mass is 32.1. The van der Waals surface area contributed by atoms with Gasteiger partial charge in [-0.25, -0.2) is 0 Å². The lowest BCUT2D eigenvalue weighted by molar-refractivity contribution is -0.121. The molecule has 5 nitrogen and oxygen atoms in total. The number of anilines is 2. The number of fused-ring (bicyclic) bond motifs is 6. The highest BCUT2D eigenvalue weighted by Gasteiger charge is 2.70. The summed E-state index contributed by atoms with van der Waals surface area (Å²) in [6, 6.07) is 25.1. The quantitative estimate of drug-likeness (QED) is 0.343. The second kappa shape index (κ2) is 8.36. The first kappa shape index (κ1) is 22.9. The summed E-state index contributed by atoms with van der Waals surface area (Å²) < 4.78 is 0. The number of thiophene rings is 1. The van der Waals surface area contributed by atoms with E-state index in [9.17, 15) is 14.4 Å². The lowest BCUT2D eigenvalue weighted by atomic mass is 9.64. The molecule has 7 rings (SSSR count). The lowest BCUT2D eigenvalue weighted by Crippen LogP contribution is -2.51. The summed E-state index contributed by atoms with van der Waals surface area (Å²) in [5.74, 6) is -1.53. The zero-order valence-electron chi connectivity index (χ0n) is 20.6. The molecule has 6 heteroatoms. The number of aryl methyl sites for hydroxylation is 1. The van der Waals surface area contributed by atoms with Gasteiger partial charge < -0.3 is 10.2 Å². The van der Waals surface area contributed by atoms with E-state index in [0.717, 1.165) is 22.4 Å².